The van der Waals surface area contributed by atoms with Gasteiger partial charge in [-0.2, -0.15) is 0 Å². The van der Waals surface area contributed by atoms with Crippen LogP contribution in [0.2, 0.25) is 0 Å². The van der Waals surface area contributed by atoms with E-state index in [-0.39, 0.29) is 17.5 Å². The zero-order chi connectivity index (χ0) is 13.8. The highest BCUT2D eigenvalue weighted by Gasteiger charge is 2.49. The molecule has 0 amide bonds. The van der Waals surface area contributed by atoms with Crippen LogP contribution in [0.4, 0.5) is 0 Å². The molecule has 102 valence electrons. The van der Waals surface area contributed by atoms with Crippen molar-refractivity contribution in [3.8, 4) is 0 Å². The Balaban J connectivity index is 1.98. The van der Waals surface area contributed by atoms with Crippen LogP contribution in [0.5, 0.6) is 0 Å². The number of fused-ring (bicyclic) bond motifs is 1. The summed E-state index contributed by atoms with van der Waals surface area (Å²) in [5.74, 6) is 0. The lowest BCUT2D eigenvalue weighted by Crippen LogP contribution is -2.41. The van der Waals surface area contributed by atoms with Gasteiger partial charge in [0, 0.05) is 29.7 Å². The van der Waals surface area contributed by atoms with Crippen molar-refractivity contribution < 1.29 is 9.47 Å². The summed E-state index contributed by atoms with van der Waals surface area (Å²) in [6, 6.07) is 8.47. The summed E-state index contributed by atoms with van der Waals surface area (Å²) in [6.45, 7) is 8.31. The number of hydrogen-bond donors (Lipinski definition) is 0. The quantitative estimate of drug-likeness (QED) is 0.778. The molecule has 0 saturated carbocycles. The van der Waals surface area contributed by atoms with Gasteiger partial charge in [-0.05, 0) is 45.9 Å². The van der Waals surface area contributed by atoms with Crippen molar-refractivity contribution in [1.29, 1.82) is 0 Å². The van der Waals surface area contributed by atoms with Gasteiger partial charge >= 0.3 is 0 Å². The van der Waals surface area contributed by atoms with E-state index in [0.29, 0.717) is 0 Å². The number of hydrogen-bond acceptors (Lipinski definition) is 2. The maximum absolute atomic E-state index is 6.08. The Morgan fingerprint density at radius 3 is 2.26 bits per heavy atom. The van der Waals surface area contributed by atoms with Crippen LogP contribution in [-0.2, 0) is 16.5 Å². The zero-order valence-electron chi connectivity index (χ0n) is 12.2. The zero-order valence-corrected chi connectivity index (χ0v) is 12.2. The first-order chi connectivity index (χ1) is 8.80. The first kappa shape index (κ1) is 12.7. The van der Waals surface area contributed by atoms with Crippen LogP contribution in [0, 0.1) is 0 Å². The van der Waals surface area contributed by atoms with Crippen LogP contribution in [0.15, 0.2) is 30.5 Å². The molecular weight excluding hydrogens is 238 g/mol. The molecule has 3 heteroatoms. The Morgan fingerprint density at radius 1 is 1.00 bits per heavy atom. The highest BCUT2D eigenvalue weighted by molar-refractivity contribution is 5.80. The fraction of sp³-hybridized carbons (Fsp3) is 0.500. The second-order valence-electron chi connectivity index (χ2n) is 6.33. The molecule has 0 spiro atoms. The monoisotopic (exact) mass is 259 g/mol. The van der Waals surface area contributed by atoms with Crippen LogP contribution >= 0.6 is 0 Å². The van der Waals surface area contributed by atoms with Gasteiger partial charge in [-0.1, -0.05) is 6.07 Å². The number of nitrogens with zero attached hydrogens (tertiary/aromatic N) is 1. The number of aromatic nitrogens is 1. The molecule has 0 bridgehead atoms. The van der Waals surface area contributed by atoms with Gasteiger partial charge in [-0.25, -0.2) is 0 Å². The SMILES string of the molecule is Cn1ccc2cc(C3OC(C)(C)C(C)(C)O3)ccc21. The van der Waals surface area contributed by atoms with E-state index in [9.17, 15) is 0 Å². The summed E-state index contributed by atoms with van der Waals surface area (Å²) in [5.41, 5.74) is 1.73. The lowest BCUT2D eigenvalue weighted by molar-refractivity contribution is -0.0894. The minimum atomic E-state index is -0.288. The molecular formula is C16H21NO2. The van der Waals surface area contributed by atoms with E-state index in [1.54, 1.807) is 0 Å². The molecule has 0 atom stereocenters. The van der Waals surface area contributed by atoms with E-state index < -0.39 is 0 Å². The summed E-state index contributed by atoms with van der Waals surface area (Å²) in [7, 11) is 2.05. The first-order valence-corrected chi connectivity index (χ1v) is 6.71. The van der Waals surface area contributed by atoms with Gasteiger partial charge in [0.1, 0.15) is 0 Å². The molecule has 1 aromatic heterocycles. The molecule has 2 heterocycles. The lowest BCUT2D eigenvalue weighted by Gasteiger charge is -2.30. The molecule has 1 aliphatic rings. The largest absolute Gasteiger partial charge is 0.351 e. The molecule has 3 rings (SSSR count). The number of ether oxygens (including phenoxy) is 2. The standard InChI is InChI=1S/C16H21NO2/c1-15(2)16(3,4)19-14(18-15)12-6-7-13-11(10-12)8-9-17(13)5/h6-10,14H,1-5H3. The van der Waals surface area contributed by atoms with Crippen LogP contribution in [-0.4, -0.2) is 15.8 Å². The number of aryl methyl sites for hydroxylation is 1. The second kappa shape index (κ2) is 3.84. The van der Waals surface area contributed by atoms with Crippen LogP contribution in [0.25, 0.3) is 10.9 Å². The minimum absolute atomic E-state index is 0.283. The predicted octanol–water partition coefficient (Wildman–Crippen LogP) is 3.78. The van der Waals surface area contributed by atoms with E-state index in [4.69, 9.17) is 9.47 Å². The van der Waals surface area contributed by atoms with Gasteiger partial charge in [-0.3, -0.25) is 0 Å². The molecule has 1 aliphatic heterocycles. The van der Waals surface area contributed by atoms with Gasteiger partial charge < -0.3 is 14.0 Å². The molecule has 0 radical (unpaired) electrons. The smallest absolute Gasteiger partial charge is 0.185 e. The highest BCUT2D eigenvalue weighted by Crippen LogP contribution is 2.44. The van der Waals surface area contributed by atoms with Crippen molar-refractivity contribution in [1.82, 2.24) is 4.57 Å². The minimum Gasteiger partial charge on any atom is -0.351 e. The van der Waals surface area contributed by atoms with Gasteiger partial charge in [0.2, 0.25) is 0 Å². The molecule has 1 aromatic carbocycles. The number of benzene rings is 1. The van der Waals surface area contributed by atoms with Gasteiger partial charge in [-0.15, -0.1) is 0 Å². The molecule has 3 nitrogen and oxygen atoms in total. The maximum Gasteiger partial charge on any atom is 0.185 e. The third-order valence-corrected chi connectivity index (χ3v) is 4.43. The normalized spacial score (nSPS) is 22.2. The van der Waals surface area contributed by atoms with Gasteiger partial charge in [0.05, 0.1) is 11.2 Å². The summed E-state index contributed by atoms with van der Waals surface area (Å²) in [5, 5.41) is 1.22. The summed E-state index contributed by atoms with van der Waals surface area (Å²) in [6.07, 6.45) is 1.79. The van der Waals surface area contributed by atoms with Crippen LogP contribution < -0.4 is 0 Å². The third-order valence-electron chi connectivity index (χ3n) is 4.43. The third kappa shape index (κ3) is 1.88. The highest BCUT2D eigenvalue weighted by atomic mass is 16.7. The number of rotatable bonds is 1. The Hall–Kier alpha value is -1.32. The Kier molecular flexibility index (Phi) is 2.57. The Morgan fingerprint density at radius 2 is 1.63 bits per heavy atom. The average Bonchev–Trinajstić information content (AvgIpc) is 2.78. The fourth-order valence-corrected chi connectivity index (χ4v) is 2.43. The topological polar surface area (TPSA) is 23.4 Å². The molecule has 19 heavy (non-hydrogen) atoms. The van der Waals surface area contributed by atoms with E-state index in [1.807, 2.05) is 0 Å². The van der Waals surface area contributed by atoms with Crippen molar-refractivity contribution in [2.45, 2.75) is 45.2 Å². The first-order valence-electron chi connectivity index (χ1n) is 6.71. The van der Waals surface area contributed by atoms with Crippen molar-refractivity contribution in [3.05, 3.63) is 36.0 Å². The maximum atomic E-state index is 6.08. The van der Waals surface area contributed by atoms with Gasteiger partial charge in [0.25, 0.3) is 0 Å². The summed E-state index contributed by atoms with van der Waals surface area (Å²) >= 11 is 0. The van der Waals surface area contributed by atoms with Crippen molar-refractivity contribution in [2.75, 3.05) is 0 Å². The molecule has 2 aromatic rings. The van der Waals surface area contributed by atoms with E-state index in [2.05, 4.69) is 69.8 Å². The van der Waals surface area contributed by atoms with E-state index in [0.717, 1.165) is 5.56 Å². The predicted molar refractivity (Wildman–Crippen MR) is 76.0 cm³/mol. The molecule has 0 unspecified atom stereocenters. The fourth-order valence-electron chi connectivity index (χ4n) is 2.43. The molecule has 1 saturated heterocycles. The van der Waals surface area contributed by atoms with Crippen molar-refractivity contribution in [3.63, 3.8) is 0 Å². The summed E-state index contributed by atoms with van der Waals surface area (Å²) < 4.78 is 14.3. The Bertz CT molecular complexity index is 609. The van der Waals surface area contributed by atoms with Crippen molar-refractivity contribution in [2.24, 2.45) is 7.05 Å². The van der Waals surface area contributed by atoms with Gasteiger partial charge in [0.15, 0.2) is 6.29 Å². The van der Waals surface area contributed by atoms with Crippen LogP contribution in [0.1, 0.15) is 39.5 Å². The van der Waals surface area contributed by atoms with Crippen LogP contribution in [0.3, 0.4) is 0 Å². The van der Waals surface area contributed by atoms with E-state index >= 15 is 0 Å². The summed E-state index contributed by atoms with van der Waals surface area (Å²) in [4.78, 5) is 0. The van der Waals surface area contributed by atoms with E-state index in [1.165, 1.54) is 10.9 Å². The molecule has 1 fully saturated rings. The van der Waals surface area contributed by atoms with Crippen molar-refractivity contribution >= 4 is 10.9 Å². The second-order valence-corrected chi connectivity index (χ2v) is 6.33. The molecule has 0 aliphatic carbocycles. The lowest BCUT2D eigenvalue weighted by atomic mass is 9.90. The molecule has 0 N–H and O–H groups in total. The average molecular weight is 259 g/mol. The Labute approximate surface area is 114 Å².